The van der Waals surface area contributed by atoms with E-state index in [4.69, 9.17) is 0 Å². The minimum absolute atomic E-state index is 0.0760. The number of benzene rings is 2. The lowest BCUT2D eigenvalue weighted by atomic mass is 9.90. The lowest BCUT2D eigenvalue weighted by Gasteiger charge is -2.28. The highest BCUT2D eigenvalue weighted by Gasteiger charge is 2.25. The van der Waals surface area contributed by atoms with Gasteiger partial charge in [0.1, 0.15) is 0 Å². The zero-order valence-electron chi connectivity index (χ0n) is 18.0. The topological polar surface area (TPSA) is 71.4 Å². The third-order valence-electron chi connectivity index (χ3n) is 5.32. The Hall–Kier alpha value is -3.67. The molecule has 0 bridgehead atoms. The van der Waals surface area contributed by atoms with Crippen LogP contribution >= 0.6 is 0 Å². The van der Waals surface area contributed by atoms with Crippen LogP contribution in [0.3, 0.4) is 0 Å². The first-order chi connectivity index (χ1) is 14.9. The summed E-state index contributed by atoms with van der Waals surface area (Å²) in [5.41, 5.74) is 2.82. The van der Waals surface area contributed by atoms with Crippen LogP contribution in [-0.2, 0) is 11.8 Å². The summed E-state index contributed by atoms with van der Waals surface area (Å²) in [6.07, 6.45) is 1.52. The average molecular weight is 418 g/mol. The highest BCUT2D eigenvalue weighted by Crippen LogP contribution is 2.26. The minimum atomic E-state index is -0.292. The van der Waals surface area contributed by atoms with Crippen molar-refractivity contribution in [1.29, 1.82) is 0 Å². The van der Waals surface area contributed by atoms with E-state index in [1.807, 2.05) is 60.7 Å². The van der Waals surface area contributed by atoms with E-state index in [-0.39, 0.29) is 29.8 Å². The summed E-state index contributed by atoms with van der Waals surface area (Å²) < 4.78 is 1.40. The molecule has 0 aliphatic rings. The molecule has 3 rings (SSSR count). The summed E-state index contributed by atoms with van der Waals surface area (Å²) in [5.74, 6) is -0.654. The predicted octanol–water partition coefficient (Wildman–Crippen LogP) is 2.71. The van der Waals surface area contributed by atoms with Crippen molar-refractivity contribution in [3.63, 3.8) is 0 Å². The summed E-state index contributed by atoms with van der Waals surface area (Å²) in [6, 6.07) is 21.4. The van der Waals surface area contributed by atoms with Crippen molar-refractivity contribution in [3.8, 4) is 0 Å². The van der Waals surface area contributed by atoms with Crippen molar-refractivity contribution in [3.05, 3.63) is 106 Å². The third-order valence-corrected chi connectivity index (χ3v) is 5.32. The lowest BCUT2D eigenvalue weighted by molar-refractivity contribution is -0.121. The van der Waals surface area contributed by atoms with E-state index >= 15 is 0 Å². The molecule has 6 nitrogen and oxygen atoms in total. The Bertz CT molecular complexity index is 1040. The number of hydrogen-bond acceptors (Lipinski definition) is 3. The van der Waals surface area contributed by atoms with Gasteiger partial charge in [0.15, 0.2) is 0 Å². The van der Waals surface area contributed by atoms with Gasteiger partial charge in [-0.25, -0.2) is 0 Å². The molecule has 31 heavy (non-hydrogen) atoms. The Labute approximate surface area is 182 Å². The highest BCUT2D eigenvalue weighted by atomic mass is 16.2. The van der Waals surface area contributed by atoms with Gasteiger partial charge in [0.2, 0.25) is 5.91 Å². The van der Waals surface area contributed by atoms with Crippen LogP contribution < -0.4 is 10.9 Å². The second-order valence-corrected chi connectivity index (χ2v) is 7.56. The molecule has 0 saturated heterocycles. The van der Waals surface area contributed by atoms with Crippen LogP contribution in [0.2, 0.25) is 0 Å². The van der Waals surface area contributed by atoms with Crippen molar-refractivity contribution in [1.82, 2.24) is 14.8 Å². The van der Waals surface area contributed by atoms with Crippen LogP contribution in [0.5, 0.6) is 0 Å². The first-order valence-corrected chi connectivity index (χ1v) is 10.2. The standard InChI is InChI=1S/C25H27N3O3/c1-18-14-21(15-27(3)24(18)30)25(31)28(17-23(29)26-2)16-22(19-10-6-4-7-11-19)20-12-8-5-9-13-20/h4-15,22H,16-17H2,1-3H3,(H,26,29). The maximum absolute atomic E-state index is 13.4. The number of aryl methyl sites for hydroxylation is 2. The molecular formula is C25H27N3O3. The van der Waals surface area contributed by atoms with E-state index in [9.17, 15) is 14.4 Å². The number of carbonyl (C=O) groups is 2. The van der Waals surface area contributed by atoms with Crippen LogP contribution in [-0.4, -0.2) is 41.4 Å². The highest BCUT2D eigenvalue weighted by molar-refractivity contribution is 5.96. The van der Waals surface area contributed by atoms with E-state index in [2.05, 4.69) is 5.32 Å². The minimum Gasteiger partial charge on any atom is -0.358 e. The Balaban J connectivity index is 2.01. The Morgan fingerprint density at radius 1 is 1.00 bits per heavy atom. The SMILES string of the molecule is CNC(=O)CN(CC(c1ccccc1)c1ccccc1)C(=O)c1cc(C)c(=O)n(C)c1. The molecule has 1 N–H and O–H groups in total. The molecule has 0 fully saturated rings. The maximum Gasteiger partial charge on any atom is 0.255 e. The molecule has 6 heteroatoms. The quantitative estimate of drug-likeness (QED) is 0.643. The molecule has 0 atom stereocenters. The van der Waals surface area contributed by atoms with Gasteiger partial charge in [0.05, 0.1) is 12.1 Å². The molecule has 0 saturated carbocycles. The van der Waals surface area contributed by atoms with Crippen molar-refractivity contribution >= 4 is 11.8 Å². The lowest BCUT2D eigenvalue weighted by Crippen LogP contribution is -2.42. The maximum atomic E-state index is 13.4. The fourth-order valence-electron chi connectivity index (χ4n) is 3.64. The van der Waals surface area contributed by atoms with Gasteiger partial charge in [-0.3, -0.25) is 14.4 Å². The van der Waals surface area contributed by atoms with E-state index in [0.717, 1.165) is 11.1 Å². The average Bonchev–Trinajstić information content (AvgIpc) is 2.80. The van der Waals surface area contributed by atoms with Crippen molar-refractivity contribution in [2.24, 2.45) is 7.05 Å². The Morgan fingerprint density at radius 3 is 2.03 bits per heavy atom. The number of likely N-dealkylation sites (N-methyl/N-ethyl adjacent to an activating group) is 1. The first-order valence-electron chi connectivity index (χ1n) is 10.2. The number of amides is 2. The smallest absolute Gasteiger partial charge is 0.255 e. The van der Waals surface area contributed by atoms with Crippen LogP contribution in [0, 0.1) is 6.92 Å². The molecule has 0 unspecified atom stereocenters. The van der Waals surface area contributed by atoms with Crippen molar-refractivity contribution < 1.29 is 9.59 Å². The van der Waals surface area contributed by atoms with Gasteiger partial charge in [-0.15, -0.1) is 0 Å². The molecular weight excluding hydrogens is 390 g/mol. The molecule has 160 valence electrons. The summed E-state index contributed by atoms with van der Waals surface area (Å²) in [5, 5.41) is 2.60. The largest absolute Gasteiger partial charge is 0.358 e. The predicted molar refractivity (Wildman–Crippen MR) is 121 cm³/mol. The van der Waals surface area contributed by atoms with Gasteiger partial charge in [0, 0.05) is 38.3 Å². The fourth-order valence-corrected chi connectivity index (χ4v) is 3.64. The number of nitrogens with zero attached hydrogens (tertiary/aromatic N) is 2. The van der Waals surface area contributed by atoms with E-state index in [1.165, 1.54) is 10.8 Å². The molecule has 1 heterocycles. The third kappa shape index (κ3) is 5.28. The number of pyridine rings is 1. The summed E-state index contributed by atoms with van der Waals surface area (Å²) >= 11 is 0. The monoisotopic (exact) mass is 417 g/mol. The number of hydrogen-bond donors (Lipinski definition) is 1. The van der Waals surface area contributed by atoms with E-state index in [0.29, 0.717) is 17.7 Å². The molecule has 0 aliphatic heterocycles. The second-order valence-electron chi connectivity index (χ2n) is 7.56. The van der Waals surface area contributed by atoms with Crippen LogP contribution in [0.4, 0.5) is 0 Å². The summed E-state index contributed by atoms with van der Waals surface area (Å²) in [6.45, 7) is 1.93. The molecule has 3 aromatic rings. The number of carbonyl (C=O) groups excluding carboxylic acids is 2. The van der Waals surface area contributed by atoms with Gasteiger partial charge in [0.25, 0.3) is 11.5 Å². The molecule has 2 amide bonds. The van der Waals surface area contributed by atoms with Gasteiger partial charge in [-0.05, 0) is 24.1 Å². The number of aromatic nitrogens is 1. The van der Waals surface area contributed by atoms with Gasteiger partial charge >= 0.3 is 0 Å². The summed E-state index contributed by atoms with van der Waals surface area (Å²) in [4.78, 5) is 39.3. The number of rotatable bonds is 7. The molecule has 0 spiro atoms. The van der Waals surface area contributed by atoms with Crippen LogP contribution in [0.25, 0.3) is 0 Å². The fraction of sp³-hybridized carbons (Fsp3) is 0.240. The summed E-state index contributed by atoms with van der Waals surface area (Å²) in [7, 11) is 3.17. The van der Waals surface area contributed by atoms with E-state index in [1.54, 1.807) is 32.0 Å². The molecule has 0 aliphatic carbocycles. The van der Waals surface area contributed by atoms with E-state index < -0.39 is 0 Å². The van der Waals surface area contributed by atoms with Crippen LogP contribution in [0.15, 0.2) is 77.7 Å². The second kappa shape index (κ2) is 9.89. The van der Waals surface area contributed by atoms with Crippen molar-refractivity contribution in [2.45, 2.75) is 12.8 Å². The van der Waals surface area contributed by atoms with Gasteiger partial charge < -0.3 is 14.8 Å². The van der Waals surface area contributed by atoms with Gasteiger partial charge in [-0.1, -0.05) is 60.7 Å². The first kappa shape index (κ1) is 22.0. The Kier molecular flexibility index (Phi) is 7.03. The zero-order chi connectivity index (χ0) is 22.4. The van der Waals surface area contributed by atoms with Gasteiger partial charge in [-0.2, -0.15) is 0 Å². The number of nitrogens with one attached hydrogen (secondary N) is 1. The zero-order valence-corrected chi connectivity index (χ0v) is 18.0. The molecule has 0 radical (unpaired) electrons. The normalized spacial score (nSPS) is 10.7. The molecule has 2 aromatic carbocycles. The Morgan fingerprint density at radius 2 is 1.55 bits per heavy atom. The van der Waals surface area contributed by atoms with Crippen molar-refractivity contribution in [2.75, 3.05) is 20.1 Å². The molecule has 1 aromatic heterocycles. The van der Waals surface area contributed by atoms with Crippen LogP contribution in [0.1, 0.15) is 33.0 Å².